The number of ether oxygens (including phenoxy) is 1. The quantitative estimate of drug-likeness (QED) is 0.866. The summed E-state index contributed by atoms with van der Waals surface area (Å²) in [5.41, 5.74) is 7.37. The largest absolute Gasteiger partial charge is 0.479 e. The molecule has 0 amide bonds. The zero-order valence-corrected chi connectivity index (χ0v) is 9.92. The van der Waals surface area contributed by atoms with E-state index in [4.69, 9.17) is 10.5 Å². The van der Waals surface area contributed by atoms with Gasteiger partial charge in [-0.05, 0) is 25.7 Å². The van der Waals surface area contributed by atoms with Crippen LogP contribution in [0.4, 0.5) is 5.95 Å². The standard InChI is InChI=1S/C11H15N5O/c1-6(7-3-4-7)16-9-8(15-11(16)12)10(17-2)14-5-13-9/h5-7H,3-4H2,1-2H3,(H2,12,15). The van der Waals surface area contributed by atoms with Crippen LogP contribution in [0.3, 0.4) is 0 Å². The summed E-state index contributed by atoms with van der Waals surface area (Å²) in [5, 5.41) is 0. The number of fused-ring (bicyclic) bond motifs is 1. The second-order valence-electron chi connectivity index (χ2n) is 4.47. The fourth-order valence-electron chi connectivity index (χ4n) is 2.25. The number of aromatic nitrogens is 4. The molecule has 2 N–H and O–H groups in total. The van der Waals surface area contributed by atoms with Gasteiger partial charge in [0.05, 0.1) is 7.11 Å². The number of anilines is 1. The molecule has 1 unspecified atom stereocenters. The number of imidazole rings is 1. The molecule has 0 saturated heterocycles. The predicted octanol–water partition coefficient (Wildman–Crippen LogP) is 1.39. The van der Waals surface area contributed by atoms with Crippen molar-refractivity contribution in [2.24, 2.45) is 5.92 Å². The first-order valence-corrected chi connectivity index (χ1v) is 5.74. The van der Waals surface area contributed by atoms with E-state index in [0.717, 1.165) is 5.65 Å². The molecule has 2 heterocycles. The van der Waals surface area contributed by atoms with E-state index in [1.807, 2.05) is 4.57 Å². The third-order valence-electron chi connectivity index (χ3n) is 3.38. The monoisotopic (exact) mass is 233 g/mol. The molecule has 1 fully saturated rings. The summed E-state index contributed by atoms with van der Waals surface area (Å²) < 4.78 is 7.15. The maximum absolute atomic E-state index is 5.97. The Morgan fingerprint density at radius 3 is 2.88 bits per heavy atom. The van der Waals surface area contributed by atoms with Gasteiger partial charge >= 0.3 is 0 Å². The minimum atomic E-state index is 0.333. The first-order chi connectivity index (χ1) is 8.22. The molecule has 2 aromatic heterocycles. The Bertz CT molecular complexity index is 560. The lowest BCUT2D eigenvalue weighted by Crippen LogP contribution is -2.11. The molecule has 1 atom stereocenters. The number of hydrogen-bond acceptors (Lipinski definition) is 5. The van der Waals surface area contributed by atoms with Crippen LogP contribution in [-0.4, -0.2) is 26.6 Å². The Morgan fingerprint density at radius 1 is 1.47 bits per heavy atom. The van der Waals surface area contributed by atoms with Crippen LogP contribution in [0.2, 0.25) is 0 Å². The zero-order valence-electron chi connectivity index (χ0n) is 9.92. The normalized spacial score (nSPS) is 17.3. The van der Waals surface area contributed by atoms with Gasteiger partial charge in [-0.25, -0.2) is 9.97 Å². The van der Waals surface area contributed by atoms with Gasteiger partial charge in [-0.15, -0.1) is 0 Å². The Hall–Kier alpha value is -1.85. The van der Waals surface area contributed by atoms with Gasteiger partial charge in [0.2, 0.25) is 11.8 Å². The third kappa shape index (κ3) is 1.51. The molecule has 0 aromatic carbocycles. The summed E-state index contributed by atoms with van der Waals surface area (Å²) in [5.74, 6) is 1.65. The van der Waals surface area contributed by atoms with Crippen LogP contribution in [-0.2, 0) is 0 Å². The summed E-state index contributed by atoms with van der Waals surface area (Å²) in [6.45, 7) is 2.16. The molecule has 1 aliphatic carbocycles. The number of nitrogens with zero attached hydrogens (tertiary/aromatic N) is 4. The highest BCUT2D eigenvalue weighted by molar-refractivity contribution is 5.79. The molecule has 0 radical (unpaired) electrons. The van der Waals surface area contributed by atoms with Crippen LogP contribution in [0.5, 0.6) is 5.88 Å². The third-order valence-corrected chi connectivity index (χ3v) is 3.38. The van der Waals surface area contributed by atoms with Crippen LogP contribution in [0.15, 0.2) is 6.33 Å². The van der Waals surface area contributed by atoms with E-state index in [1.54, 1.807) is 7.11 Å². The minimum absolute atomic E-state index is 0.333. The van der Waals surface area contributed by atoms with E-state index in [9.17, 15) is 0 Å². The van der Waals surface area contributed by atoms with Crippen molar-refractivity contribution in [1.29, 1.82) is 0 Å². The SMILES string of the molecule is COc1ncnc2c1nc(N)n2C(C)C1CC1. The van der Waals surface area contributed by atoms with Gasteiger partial charge in [0.15, 0.2) is 11.2 Å². The van der Waals surface area contributed by atoms with Gasteiger partial charge in [-0.2, -0.15) is 4.98 Å². The maximum atomic E-state index is 5.97. The summed E-state index contributed by atoms with van der Waals surface area (Å²) in [4.78, 5) is 12.6. The lowest BCUT2D eigenvalue weighted by molar-refractivity contribution is 0.401. The van der Waals surface area contributed by atoms with Gasteiger partial charge in [0, 0.05) is 6.04 Å². The molecule has 1 saturated carbocycles. The summed E-state index contributed by atoms with van der Waals surface area (Å²) in [7, 11) is 1.57. The van der Waals surface area contributed by atoms with Crippen LogP contribution >= 0.6 is 0 Å². The first kappa shape index (κ1) is 10.3. The number of methoxy groups -OCH3 is 1. The Morgan fingerprint density at radius 2 is 2.24 bits per heavy atom. The number of nitrogens with two attached hydrogens (primary N) is 1. The van der Waals surface area contributed by atoms with Crippen LogP contribution < -0.4 is 10.5 Å². The molecule has 17 heavy (non-hydrogen) atoms. The average Bonchev–Trinajstić information content (AvgIpc) is 3.10. The van der Waals surface area contributed by atoms with Gasteiger partial charge in [-0.1, -0.05) is 0 Å². The summed E-state index contributed by atoms with van der Waals surface area (Å²) in [6, 6.07) is 0.333. The van der Waals surface area contributed by atoms with Crippen molar-refractivity contribution in [3.8, 4) is 5.88 Å². The van der Waals surface area contributed by atoms with E-state index >= 15 is 0 Å². The van der Waals surface area contributed by atoms with Crippen molar-refractivity contribution in [2.45, 2.75) is 25.8 Å². The smallest absolute Gasteiger partial charge is 0.245 e. The van der Waals surface area contributed by atoms with Crippen molar-refractivity contribution in [1.82, 2.24) is 19.5 Å². The maximum Gasteiger partial charge on any atom is 0.245 e. The molecule has 0 spiro atoms. The molecule has 0 bridgehead atoms. The van der Waals surface area contributed by atoms with E-state index in [2.05, 4.69) is 21.9 Å². The molecule has 90 valence electrons. The van der Waals surface area contributed by atoms with E-state index < -0.39 is 0 Å². The molecular weight excluding hydrogens is 218 g/mol. The zero-order chi connectivity index (χ0) is 12.0. The number of nitrogen functional groups attached to an aromatic ring is 1. The van der Waals surface area contributed by atoms with E-state index in [-0.39, 0.29) is 0 Å². The molecule has 6 nitrogen and oxygen atoms in total. The highest BCUT2D eigenvalue weighted by atomic mass is 16.5. The highest BCUT2D eigenvalue weighted by Gasteiger charge is 2.32. The van der Waals surface area contributed by atoms with Crippen LogP contribution in [0.25, 0.3) is 11.2 Å². The number of hydrogen-bond donors (Lipinski definition) is 1. The molecule has 3 rings (SSSR count). The summed E-state index contributed by atoms with van der Waals surface area (Å²) >= 11 is 0. The van der Waals surface area contributed by atoms with Gasteiger partial charge in [0.25, 0.3) is 0 Å². The fourth-order valence-corrected chi connectivity index (χ4v) is 2.25. The second kappa shape index (κ2) is 3.58. The highest BCUT2D eigenvalue weighted by Crippen LogP contribution is 2.41. The Labute approximate surface area is 98.8 Å². The van der Waals surface area contributed by atoms with Gasteiger partial charge in [0.1, 0.15) is 6.33 Å². The van der Waals surface area contributed by atoms with Crippen LogP contribution in [0, 0.1) is 5.92 Å². The molecule has 1 aliphatic rings. The molecule has 6 heteroatoms. The summed E-state index contributed by atoms with van der Waals surface area (Å²) in [6.07, 6.45) is 3.99. The van der Waals surface area contributed by atoms with Crippen molar-refractivity contribution < 1.29 is 4.74 Å². The number of rotatable bonds is 3. The van der Waals surface area contributed by atoms with E-state index in [0.29, 0.717) is 29.3 Å². The van der Waals surface area contributed by atoms with Gasteiger partial charge < -0.3 is 10.5 Å². The lowest BCUT2D eigenvalue weighted by Gasteiger charge is -2.13. The van der Waals surface area contributed by atoms with Crippen molar-refractivity contribution in [2.75, 3.05) is 12.8 Å². The predicted molar refractivity (Wildman–Crippen MR) is 63.7 cm³/mol. The van der Waals surface area contributed by atoms with E-state index in [1.165, 1.54) is 19.2 Å². The average molecular weight is 233 g/mol. The molecular formula is C11H15N5O. The molecule has 2 aromatic rings. The van der Waals surface area contributed by atoms with Crippen molar-refractivity contribution in [3.05, 3.63) is 6.33 Å². The van der Waals surface area contributed by atoms with Crippen molar-refractivity contribution >= 4 is 17.1 Å². The van der Waals surface area contributed by atoms with Crippen LogP contribution in [0.1, 0.15) is 25.8 Å². The Balaban J connectivity index is 2.20. The Kier molecular flexibility index (Phi) is 2.17. The topological polar surface area (TPSA) is 78.8 Å². The first-order valence-electron chi connectivity index (χ1n) is 5.74. The minimum Gasteiger partial charge on any atom is -0.479 e. The molecule has 0 aliphatic heterocycles. The van der Waals surface area contributed by atoms with Crippen molar-refractivity contribution in [3.63, 3.8) is 0 Å². The van der Waals surface area contributed by atoms with Gasteiger partial charge in [-0.3, -0.25) is 4.57 Å². The fraction of sp³-hybridized carbons (Fsp3) is 0.545. The lowest BCUT2D eigenvalue weighted by atomic mass is 10.2. The second-order valence-corrected chi connectivity index (χ2v) is 4.47.